The predicted molar refractivity (Wildman–Crippen MR) is 95.6 cm³/mol. The van der Waals surface area contributed by atoms with Gasteiger partial charge in [-0.1, -0.05) is 6.07 Å². The van der Waals surface area contributed by atoms with Gasteiger partial charge in [-0.3, -0.25) is 4.79 Å². The van der Waals surface area contributed by atoms with Crippen molar-refractivity contribution in [3.8, 4) is 23.0 Å². The van der Waals surface area contributed by atoms with Crippen molar-refractivity contribution in [2.45, 2.75) is 12.3 Å². The van der Waals surface area contributed by atoms with E-state index in [-0.39, 0.29) is 30.5 Å². The molecule has 0 radical (unpaired) electrons. The lowest BCUT2D eigenvalue weighted by Crippen LogP contribution is -2.31. The van der Waals surface area contributed by atoms with Crippen LogP contribution in [0.15, 0.2) is 30.3 Å². The van der Waals surface area contributed by atoms with E-state index in [0.29, 0.717) is 18.1 Å². The second-order valence-electron chi connectivity index (χ2n) is 7.12. The number of fused-ring (bicyclic) bond motifs is 3. The quantitative estimate of drug-likeness (QED) is 0.777. The van der Waals surface area contributed by atoms with Crippen molar-refractivity contribution in [1.29, 1.82) is 0 Å². The molecule has 6 nitrogen and oxygen atoms in total. The lowest BCUT2D eigenvalue weighted by molar-refractivity contribution is -0.141. The number of methoxy groups -OCH3 is 2. The Balaban J connectivity index is 1.68. The highest BCUT2D eigenvalue weighted by atomic mass is 16.7. The molecule has 2 heterocycles. The maximum Gasteiger partial charge on any atom is 0.310 e. The molecule has 0 aromatic heterocycles. The monoisotopic (exact) mass is 368 g/mol. The number of rotatable bonds is 3. The molecule has 6 heteroatoms. The lowest BCUT2D eigenvalue weighted by atomic mass is 9.67. The average molecular weight is 368 g/mol. The van der Waals surface area contributed by atoms with E-state index in [1.807, 2.05) is 30.3 Å². The third-order valence-corrected chi connectivity index (χ3v) is 5.80. The van der Waals surface area contributed by atoms with Crippen LogP contribution >= 0.6 is 0 Å². The Morgan fingerprint density at radius 2 is 1.74 bits per heavy atom. The van der Waals surface area contributed by atoms with Gasteiger partial charge in [0.05, 0.1) is 26.7 Å². The van der Waals surface area contributed by atoms with Crippen molar-refractivity contribution >= 4 is 5.97 Å². The topological polar surface area (TPSA) is 63.2 Å². The highest BCUT2D eigenvalue weighted by Gasteiger charge is 2.48. The van der Waals surface area contributed by atoms with E-state index in [4.69, 9.17) is 23.7 Å². The summed E-state index contributed by atoms with van der Waals surface area (Å²) in [5, 5.41) is 0. The Kier molecular flexibility index (Phi) is 3.67. The van der Waals surface area contributed by atoms with Crippen LogP contribution in [0.3, 0.4) is 0 Å². The molecule has 0 N–H and O–H groups in total. The first-order valence-corrected chi connectivity index (χ1v) is 9.00. The van der Waals surface area contributed by atoms with Gasteiger partial charge >= 0.3 is 5.97 Å². The van der Waals surface area contributed by atoms with Gasteiger partial charge in [0.2, 0.25) is 6.79 Å². The summed E-state index contributed by atoms with van der Waals surface area (Å²) < 4.78 is 27.4. The van der Waals surface area contributed by atoms with E-state index < -0.39 is 0 Å². The van der Waals surface area contributed by atoms with Crippen molar-refractivity contribution in [3.63, 3.8) is 0 Å². The first-order chi connectivity index (χ1) is 13.2. The van der Waals surface area contributed by atoms with Crippen molar-refractivity contribution in [2.75, 3.05) is 27.6 Å². The van der Waals surface area contributed by atoms with E-state index in [9.17, 15) is 4.79 Å². The zero-order chi connectivity index (χ0) is 18.5. The molecule has 3 atom stereocenters. The zero-order valence-electron chi connectivity index (χ0n) is 15.2. The lowest BCUT2D eigenvalue weighted by Gasteiger charge is -2.33. The first-order valence-electron chi connectivity index (χ1n) is 9.00. The summed E-state index contributed by atoms with van der Waals surface area (Å²) in [6, 6.07) is 9.89. The smallest absolute Gasteiger partial charge is 0.310 e. The van der Waals surface area contributed by atoms with Gasteiger partial charge in [0.1, 0.15) is 0 Å². The normalized spacial score (nSPS) is 24.8. The van der Waals surface area contributed by atoms with Crippen LogP contribution in [0.5, 0.6) is 23.0 Å². The minimum absolute atomic E-state index is 0.122. The van der Waals surface area contributed by atoms with Crippen LogP contribution < -0.4 is 18.9 Å². The highest BCUT2D eigenvalue weighted by molar-refractivity contribution is 5.78. The average Bonchev–Trinajstić information content (AvgIpc) is 3.30. The number of benzene rings is 2. The number of hydrogen-bond donors (Lipinski definition) is 0. The van der Waals surface area contributed by atoms with Crippen LogP contribution in [0, 0.1) is 11.8 Å². The summed E-state index contributed by atoms with van der Waals surface area (Å²) in [5.74, 6) is 2.48. The number of cyclic esters (lactones) is 1. The molecule has 2 aromatic carbocycles. The van der Waals surface area contributed by atoms with Crippen LogP contribution in [0.25, 0.3) is 0 Å². The Hall–Kier alpha value is -2.89. The molecule has 1 aliphatic carbocycles. The van der Waals surface area contributed by atoms with Crippen LogP contribution in [-0.2, 0) is 16.0 Å². The third kappa shape index (κ3) is 2.43. The molecule has 2 aliphatic heterocycles. The standard InChI is InChI=1S/C21H20O6/c1-23-15-4-3-11(6-16(15)24-2)19-14-8-18-17(26-10-27-18)7-12(14)5-13-9-25-21(22)20(13)19/h3-4,6-8,13,19-20H,5,9-10H2,1-2H3/t13-,19-,20-/m0/s1. The molecule has 1 saturated heterocycles. The van der Waals surface area contributed by atoms with Gasteiger partial charge in [0, 0.05) is 11.8 Å². The second-order valence-corrected chi connectivity index (χ2v) is 7.12. The molecular formula is C21H20O6. The van der Waals surface area contributed by atoms with E-state index in [1.165, 1.54) is 5.56 Å². The van der Waals surface area contributed by atoms with E-state index >= 15 is 0 Å². The Morgan fingerprint density at radius 3 is 2.52 bits per heavy atom. The van der Waals surface area contributed by atoms with Gasteiger partial charge in [-0.15, -0.1) is 0 Å². The maximum atomic E-state index is 12.6. The number of hydrogen-bond acceptors (Lipinski definition) is 6. The van der Waals surface area contributed by atoms with Crippen molar-refractivity contribution in [3.05, 3.63) is 47.0 Å². The molecule has 5 rings (SSSR count). The van der Waals surface area contributed by atoms with Crippen LogP contribution in [0.1, 0.15) is 22.6 Å². The largest absolute Gasteiger partial charge is 0.493 e. The first kappa shape index (κ1) is 16.3. The number of ether oxygens (including phenoxy) is 5. The predicted octanol–water partition coefficient (Wildman–Crippen LogP) is 2.91. The molecule has 0 saturated carbocycles. The van der Waals surface area contributed by atoms with Gasteiger partial charge in [-0.25, -0.2) is 0 Å². The fourth-order valence-electron chi connectivity index (χ4n) is 4.55. The van der Waals surface area contributed by atoms with Crippen LogP contribution in [-0.4, -0.2) is 33.6 Å². The fourth-order valence-corrected chi connectivity index (χ4v) is 4.55. The summed E-state index contributed by atoms with van der Waals surface area (Å²) in [4.78, 5) is 12.6. The maximum absolute atomic E-state index is 12.6. The summed E-state index contributed by atoms with van der Waals surface area (Å²) in [7, 11) is 3.22. The third-order valence-electron chi connectivity index (χ3n) is 5.80. The van der Waals surface area contributed by atoms with Crippen LogP contribution in [0.4, 0.5) is 0 Å². The molecule has 27 heavy (non-hydrogen) atoms. The van der Waals surface area contributed by atoms with Gasteiger partial charge in [-0.05, 0) is 47.4 Å². The molecule has 140 valence electrons. The number of carbonyl (C=O) groups is 1. The van der Waals surface area contributed by atoms with Crippen molar-refractivity contribution < 1.29 is 28.5 Å². The van der Waals surface area contributed by atoms with Gasteiger partial charge in [0.25, 0.3) is 0 Å². The van der Waals surface area contributed by atoms with Crippen molar-refractivity contribution in [1.82, 2.24) is 0 Å². The Labute approximate surface area is 156 Å². The Bertz CT molecular complexity index is 921. The Morgan fingerprint density at radius 1 is 0.963 bits per heavy atom. The van der Waals surface area contributed by atoms with Gasteiger partial charge in [0.15, 0.2) is 23.0 Å². The molecule has 1 fully saturated rings. The van der Waals surface area contributed by atoms with Gasteiger partial charge < -0.3 is 23.7 Å². The summed E-state index contributed by atoms with van der Waals surface area (Å²) >= 11 is 0. The summed E-state index contributed by atoms with van der Waals surface area (Å²) in [6.45, 7) is 0.690. The van der Waals surface area contributed by atoms with E-state index in [2.05, 4.69) is 0 Å². The molecular weight excluding hydrogens is 348 g/mol. The highest BCUT2D eigenvalue weighted by Crippen LogP contribution is 2.51. The van der Waals surface area contributed by atoms with Crippen LogP contribution in [0.2, 0.25) is 0 Å². The van der Waals surface area contributed by atoms with E-state index in [0.717, 1.165) is 29.0 Å². The molecule has 3 aliphatic rings. The summed E-state index contributed by atoms with van der Waals surface area (Å²) in [6.07, 6.45) is 0.798. The van der Waals surface area contributed by atoms with Gasteiger partial charge in [-0.2, -0.15) is 0 Å². The molecule has 0 amide bonds. The zero-order valence-corrected chi connectivity index (χ0v) is 15.2. The molecule has 0 bridgehead atoms. The van der Waals surface area contributed by atoms with E-state index in [1.54, 1.807) is 14.2 Å². The fraction of sp³-hybridized carbons (Fsp3) is 0.381. The molecule has 2 aromatic rings. The second kappa shape index (κ2) is 6.08. The minimum Gasteiger partial charge on any atom is -0.493 e. The number of esters is 1. The minimum atomic E-state index is -0.212. The SMILES string of the molecule is COc1ccc([C@H]2c3cc4c(cc3C[C@H]3COC(=O)[C@@H]32)OCO4)cc1OC. The van der Waals surface area contributed by atoms with Crippen molar-refractivity contribution in [2.24, 2.45) is 11.8 Å². The molecule has 0 spiro atoms. The summed E-state index contributed by atoms with van der Waals surface area (Å²) in [5.41, 5.74) is 3.27. The number of carbonyl (C=O) groups excluding carboxylic acids is 1. The molecule has 0 unspecified atom stereocenters.